The highest BCUT2D eigenvalue weighted by Crippen LogP contribution is 2.27. The highest BCUT2D eigenvalue weighted by atomic mass is 35.5. The molecule has 3 aromatic rings. The molecule has 32 heavy (non-hydrogen) atoms. The number of nitrogens with one attached hydrogen (secondary N) is 3. The van der Waals surface area contributed by atoms with Crippen LogP contribution in [0.2, 0.25) is 4.34 Å². The Balaban J connectivity index is 1.43. The number of ether oxygens (including phenoxy) is 1. The highest BCUT2D eigenvalue weighted by Gasteiger charge is 2.25. The Hall–Kier alpha value is -2.92. The molecule has 0 radical (unpaired) electrons. The molecule has 1 fully saturated rings. The number of carbonyl (C=O) groups excluding carboxylic acids is 3. The van der Waals surface area contributed by atoms with Gasteiger partial charge in [-0.25, -0.2) is 4.79 Å². The fraction of sp³-hybridized carbons (Fsp3) is 0.190. The normalized spacial score (nSPS) is 14.7. The number of benzene rings is 1. The number of halogens is 1. The lowest BCUT2D eigenvalue weighted by atomic mass is 10.2. The van der Waals surface area contributed by atoms with Gasteiger partial charge >= 0.3 is 6.03 Å². The molecular formula is C21H19ClN4O4S2. The third-order valence-electron chi connectivity index (χ3n) is 4.61. The topological polar surface area (TPSA) is 99.8 Å². The van der Waals surface area contributed by atoms with Gasteiger partial charge in [0.25, 0.3) is 11.8 Å². The first-order chi connectivity index (χ1) is 15.5. The van der Waals surface area contributed by atoms with Crippen molar-refractivity contribution >= 4 is 68.5 Å². The average Bonchev–Trinajstić information content (AvgIpc) is 3.45. The molecule has 2 aromatic heterocycles. The minimum atomic E-state index is -0.883. The maximum atomic E-state index is 13.0. The van der Waals surface area contributed by atoms with Gasteiger partial charge in [-0.05, 0) is 47.8 Å². The van der Waals surface area contributed by atoms with E-state index < -0.39 is 12.1 Å². The Morgan fingerprint density at radius 2 is 1.91 bits per heavy atom. The van der Waals surface area contributed by atoms with Gasteiger partial charge in [-0.3, -0.25) is 14.9 Å². The van der Waals surface area contributed by atoms with Gasteiger partial charge < -0.3 is 20.3 Å². The van der Waals surface area contributed by atoms with Crippen LogP contribution in [-0.2, 0) is 14.3 Å². The molecular weight excluding hydrogens is 472 g/mol. The predicted octanol–water partition coefficient (Wildman–Crippen LogP) is 4.33. The molecule has 1 aliphatic rings. The standard InChI is InChI=1S/C21H19ClN4O4S2/c22-16-7-8-17(32-16)24-21(29)25-19(15-2-1-11-31-15)20(28)23-13-3-5-14(6-4-13)26-9-10-30-12-18(26)27/h1-8,11,19H,9-10,12H2,(H,23,28)(H2,24,25,29)/t19-/m0/s1. The van der Waals surface area contributed by atoms with Gasteiger partial charge in [0.1, 0.15) is 12.6 Å². The molecule has 0 bridgehead atoms. The number of anilines is 3. The summed E-state index contributed by atoms with van der Waals surface area (Å²) in [5, 5.41) is 10.6. The van der Waals surface area contributed by atoms with E-state index in [1.807, 2.05) is 11.4 Å². The van der Waals surface area contributed by atoms with Crippen molar-refractivity contribution in [3.63, 3.8) is 0 Å². The lowest BCUT2D eigenvalue weighted by Gasteiger charge is -2.27. The van der Waals surface area contributed by atoms with Gasteiger partial charge in [0.05, 0.1) is 15.9 Å². The van der Waals surface area contributed by atoms with Gasteiger partial charge in [-0.2, -0.15) is 0 Å². The molecule has 0 unspecified atom stereocenters. The fourth-order valence-corrected chi connectivity index (χ4v) is 4.82. The summed E-state index contributed by atoms with van der Waals surface area (Å²) >= 11 is 8.49. The van der Waals surface area contributed by atoms with E-state index in [0.29, 0.717) is 33.1 Å². The summed E-state index contributed by atoms with van der Waals surface area (Å²) in [5.74, 6) is -0.491. The van der Waals surface area contributed by atoms with Crippen molar-refractivity contribution < 1.29 is 19.1 Å². The van der Waals surface area contributed by atoms with Crippen LogP contribution in [0.5, 0.6) is 0 Å². The predicted molar refractivity (Wildman–Crippen MR) is 127 cm³/mol. The number of rotatable bonds is 6. The molecule has 3 N–H and O–H groups in total. The summed E-state index contributed by atoms with van der Waals surface area (Å²) in [6, 6.07) is 12.5. The number of nitrogens with zero attached hydrogens (tertiary/aromatic N) is 1. The second kappa shape index (κ2) is 10.1. The molecule has 0 spiro atoms. The van der Waals surface area contributed by atoms with Crippen molar-refractivity contribution in [3.8, 4) is 0 Å². The van der Waals surface area contributed by atoms with Crippen molar-refractivity contribution in [1.29, 1.82) is 0 Å². The van der Waals surface area contributed by atoms with Crippen molar-refractivity contribution in [3.05, 3.63) is 63.1 Å². The van der Waals surface area contributed by atoms with Crippen LogP contribution in [0.25, 0.3) is 0 Å². The zero-order chi connectivity index (χ0) is 22.5. The number of morpholine rings is 1. The first-order valence-electron chi connectivity index (χ1n) is 9.65. The van der Waals surface area contributed by atoms with Crippen LogP contribution in [0.3, 0.4) is 0 Å². The van der Waals surface area contributed by atoms with E-state index in [1.54, 1.807) is 47.4 Å². The Morgan fingerprint density at radius 1 is 1.09 bits per heavy atom. The highest BCUT2D eigenvalue weighted by molar-refractivity contribution is 7.20. The molecule has 3 heterocycles. The first-order valence-corrected chi connectivity index (χ1v) is 11.7. The smallest absolute Gasteiger partial charge is 0.320 e. The Morgan fingerprint density at radius 3 is 2.56 bits per heavy atom. The first kappa shape index (κ1) is 22.3. The molecule has 1 aliphatic heterocycles. The van der Waals surface area contributed by atoms with Gasteiger partial charge in [0.15, 0.2) is 0 Å². The number of thiophene rings is 2. The van der Waals surface area contributed by atoms with E-state index in [0.717, 1.165) is 5.69 Å². The van der Waals surface area contributed by atoms with Crippen LogP contribution in [-0.4, -0.2) is 37.6 Å². The molecule has 4 amide bonds. The number of amides is 4. The maximum absolute atomic E-state index is 13.0. The van der Waals surface area contributed by atoms with Crippen LogP contribution >= 0.6 is 34.3 Å². The molecule has 1 aromatic carbocycles. The molecule has 8 nitrogen and oxygen atoms in total. The van der Waals surface area contributed by atoms with Crippen molar-refractivity contribution in [1.82, 2.24) is 5.32 Å². The summed E-state index contributed by atoms with van der Waals surface area (Å²) in [6.45, 7) is 1.03. The summed E-state index contributed by atoms with van der Waals surface area (Å²) in [6.07, 6.45) is 0. The van der Waals surface area contributed by atoms with E-state index in [2.05, 4.69) is 16.0 Å². The molecule has 0 aliphatic carbocycles. The molecule has 0 saturated carbocycles. The second-order valence-electron chi connectivity index (χ2n) is 6.78. The zero-order valence-corrected chi connectivity index (χ0v) is 19.1. The van der Waals surface area contributed by atoms with Gasteiger partial charge in [-0.1, -0.05) is 17.7 Å². The fourth-order valence-electron chi connectivity index (χ4n) is 3.11. The summed E-state index contributed by atoms with van der Waals surface area (Å²) in [4.78, 5) is 39.8. The third-order valence-corrected chi connectivity index (χ3v) is 6.69. The van der Waals surface area contributed by atoms with Crippen LogP contribution in [0.15, 0.2) is 53.9 Å². The monoisotopic (exact) mass is 490 g/mol. The van der Waals surface area contributed by atoms with E-state index in [9.17, 15) is 14.4 Å². The zero-order valence-electron chi connectivity index (χ0n) is 16.7. The van der Waals surface area contributed by atoms with Crippen LogP contribution in [0.4, 0.5) is 21.2 Å². The number of hydrogen-bond acceptors (Lipinski definition) is 6. The van der Waals surface area contributed by atoms with Crippen molar-refractivity contribution in [2.75, 3.05) is 35.3 Å². The van der Waals surface area contributed by atoms with Gasteiger partial charge in [0.2, 0.25) is 0 Å². The Bertz CT molecular complexity index is 1100. The molecule has 1 atom stereocenters. The summed E-state index contributed by atoms with van der Waals surface area (Å²) in [7, 11) is 0. The molecule has 4 rings (SSSR count). The number of hydrogen-bond donors (Lipinski definition) is 3. The maximum Gasteiger partial charge on any atom is 0.320 e. The Labute approximate surface area is 197 Å². The molecule has 1 saturated heterocycles. The van der Waals surface area contributed by atoms with Crippen LogP contribution < -0.4 is 20.9 Å². The Kier molecular flexibility index (Phi) is 7.05. The quantitative estimate of drug-likeness (QED) is 0.479. The average molecular weight is 491 g/mol. The third kappa shape index (κ3) is 5.46. The van der Waals surface area contributed by atoms with Crippen molar-refractivity contribution in [2.45, 2.75) is 6.04 Å². The van der Waals surface area contributed by atoms with E-state index in [4.69, 9.17) is 16.3 Å². The minimum absolute atomic E-state index is 0.0619. The molecule has 11 heteroatoms. The van der Waals surface area contributed by atoms with E-state index >= 15 is 0 Å². The van der Waals surface area contributed by atoms with E-state index in [-0.39, 0.29) is 18.4 Å². The molecule has 166 valence electrons. The van der Waals surface area contributed by atoms with Crippen LogP contribution in [0.1, 0.15) is 10.9 Å². The van der Waals surface area contributed by atoms with Gasteiger partial charge in [0, 0.05) is 22.8 Å². The minimum Gasteiger partial charge on any atom is -0.370 e. The lowest BCUT2D eigenvalue weighted by Crippen LogP contribution is -2.41. The van der Waals surface area contributed by atoms with Crippen LogP contribution in [0, 0.1) is 0 Å². The van der Waals surface area contributed by atoms with E-state index in [1.165, 1.54) is 22.7 Å². The lowest BCUT2D eigenvalue weighted by molar-refractivity contribution is -0.125. The summed E-state index contributed by atoms with van der Waals surface area (Å²) in [5.41, 5.74) is 1.28. The van der Waals surface area contributed by atoms with Gasteiger partial charge in [-0.15, -0.1) is 22.7 Å². The number of carbonyl (C=O) groups is 3. The number of urea groups is 1. The van der Waals surface area contributed by atoms with Crippen molar-refractivity contribution in [2.24, 2.45) is 0 Å². The second-order valence-corrected chi connectivity index (χ2v) is 9.48. The SMILES string of the molecule is O=C(Nc1ccc(Cl)s1)N[C@H](C(=O)Nc1ccc(N2CCOCC2=O)cc1)c1cccs1. The summed E-state index contributed by atoms with van der Waals surface area (Å²) < 4.78 is 5.70. The largest absolute Gasteiger partial charge is 0.370 e.